The molecule has 3 amide bonds. The van der Waals surface area contributed by atoms with Crippen molar-refractivity contribution in [1.82, 2.24) is 10.2 Å². The van der Waals surface area contributed by atoms with Gasteiger partial charge in [0.05, 0.1) is 26.1 Å². The van der Waals surface area contributed by atoms with Gasteiger partial charge in [-0.05, 0) is 30.5 Å². The van der Waals surface area contributed by atoms with Crippen molar-refractivity contribution in [2.75, 3.05) is 20.8 Å². The van der Waals surface area contributed by atoms with Gasteiger partial charge < -0.3 is 14.8 Å². The molecule has 0 saturated carbocycles. The maximum absolute atomic E-state index is 12.4. The highest BCUT2D eigenvalue weighted by molar-refractivity contribution is 6.07. The molecule has 0 bridgehead atoms. The van der Waals surface area contributed by atoms with E-state index in [9.17, 15) is 14.4 Å². The molecule has 1 saturated heterocycles. The first-order chi connectivity index (χ1) is 12.5. The number of rotatable bonds is 6. The molecule has 1 fully saturated rings. The predicted molar refractivity (Wildman–Crippen MR) is 93.5 cm³/mol. The molecule has 138 valence electrons. The number of amides is 3. The molecule has 1 N–H and O–H groups in total. The maximum atomic E-state index is 12.4. The lowest BCUT2D eigenvalue weighted by Gasteiger charge is -2.15. The summed E-state index contributed by atoms with van der Waals surface area (Å²) in [4.78, 5) is 38.1. The third-order valence-corrected chi connectivity index (χ3v) is 4.84. The van der Waals surface area contributed by atoms with Crippen molar-refractivity contribution in [1.29, 1.82) is 0 Å². The van der Waals surface area contributed by atoms with Crippen molar-refractivity contribution in [2.24, 2.45) is 11.8 Å². The van der Waals surface area contributed by atoms with E-state index in [1.165, 1.54) is 0 Å². The van der Waals surface area contributed by atoms with Crippen molar-refractivity contribution in [2.45, 2.75) is 19.4 Å². The van der Waals surface area contributed by atoms with Crippen LogP contribution in [0.2, 0.25) is 0 Å². The lowest BCUT2D eigenvalue weighted by Crippen LogP contribution is -2.40. The number of nitrogens with zero attached hydrogens (tertiary/aromatic N) is 1. The standard InChI is InChI=1S/C19H22N2O5/c1-25-15-8-7-12(9-16(15)26-2)10-20-17(22)11-21-18(23)13-5-3-4-6-14(13)19(21)24/h3-4,7-9,13-14H,5-6,10-11H2,1-2H3,(H,20,22)/t13-,14+. The third kappa shape index (κ3) is 3.42. The zero-order valence-electron chi connectivity index (χ0n) is 14.9. The lowest BCUT2D eigenvalue weighted by atomic mass is 9.85. The molecule has 0 aromatic heterocycles. The summed E-state index contributed by atoms with van der Waals surface area (Å²) >= 11 is 0. The molecule has 2 aliphatic rings. The van der Waals surface area contributed by atoms with Crippen LogP contribution in [0.5, 0.6) is 11.5 Å². The number of likely N-dealkylation sites (tertiary alicyclic amines) is 1. The van der Waals surface area contributed by atoms with Gasteiger partial charge in [-0.2, -0.15) is 0 Å². The summed E-state index contributed by atoms with van der Waals surface area (Å²) in [6.07, 6.45) is 4.98. The van der Waals surface area contributed by atoms with Crippen LogP contribution in [0.3, 0.4) is 0 Å². The molecular weight excluding hydrogens is 336 g/mol. The van der Waals surface area contributed by atoms with Gasteiger partial charge in [0.2, 0.25) is 17.7 Å². The van der Waals surface area contributed by atoms with E-state index in [4.69, 9.17) is 9.47 Å². The highest BCUT2D eigenvalue weighted by Gasteiger charge is 2.47. The molecule has 1 aliphatic carbocycles. The SMILES string of the molecule is COc1ccc(CNC(=O)CN2C(=O)[C@H]3CC=CC[C@H]3C2=O)cc1OC. The quantitative estimate of drug-likeness (QED) is 0.611. The van der Waals surface area contributed by atoms with Crippen LogP contribution in [0, 0.1) is 11.8 Å². The molecule has 7 heteroatoms. The zero-order chi connectivity index (χ0) is 18.7. The number of imide groups is 1. The molecule has 0 spiro atoms. The number of allylic oxidation sites excluding steroid dienone is 2. The normalized spacial score (nSPS) is 21.5. The molecule has 26 heavy (non-hydrogen) atoms. The second kappa shape index (κ2) is 7.59. The number of hydrogen-bond donors (Lipinski definition) is 1. The Bertz CT molecular complexity index is 732. The first-order valence-corrected chi connectivity index (χ1v) is 8.53. The van der Waals surface area contributed by atoms with Gasteiger partial charge in [0, 0.05) is 6.54 Å². The van der Waals surface area contributed by atoms with Gasteiger partial charge in [-0.15, -0.1) is 0 Å². The Hall–Kier alpha value is -2.83. The maximum Gasteiger partial charge on any atom is 0.240 e. The number of ether oxygens (including phenoxy) is 2. The molecule has 1 heterocycles. The van der Waals surface area contributed by atoms with Crippen molar-refractivity contribution in [3.8, 4) is 11.5 Å². The molecule has 7 nitrogen and oxygen atoms in total. The van der Waals surface area contributed by atoms with Gasteiger partial charge in [-0.1, -0.05) is 18.2 Å². The molecule has 3 rings (SSSR count). The van der Waals surface area contributed by atoms with Crippen LogP contribution < -0.4 is 14.8 Å². The Morgan fingerprint density at radius 1 is 1.08 bits per heavy atom. The first-order valence-electron chi connectivity index (χ1n) is 8.53. The Labute approximate surface area is 151 Å². The molecular formula is C19H22N2O5. The monoisotopic (exact) mass is 358 g/mol. The number of methoxy groups -OCH3 is 2. The summed E-state index contributed by atoms with van der Waals surface area (Å²) in [6.45, 7) is 0.0295. The van der Waals surface area contributed by atoms with Crippen molar-refractivity contribution in [3.63, 3.8) is 0 Å². The van der Waals surface area contributed by atoms with Crippen LogP contribution in [-0.2, 0) is 20.9 Å². The van der Waals surface area contributed by atoms with Crippen molar-refractivity contribution in [3.05, 3.63) is 35.9 Å². The minimum absolute atomic E-state index is 0.238. The van der Waals surface area contributed by atoms with Crippen molar-refractivity contribution < 1.29 is 23.9 Å². The minimum atomic E-state index is -0.368. The van der Waals surface area contributed by atoms with E-state index in [-0.39, 0.29) is 42.6 Å². The summed E-state index contributed by atoms with van der Waals surface area (Å²) in [6, 6.07) is 5.34. The number of carbonyl (C=O) groups excluding carboxylic acids is 3. The van der Waals surface area contributed by atoms with Crippen LogP contribution in [0.15, 0.2) is 30.4 Å². The van der Waals surface area contributed by atoms with E-state index in [0.717, 1.165) is 10.5 Å². The Balaban J connectivity index is 1.58. The zero-order valence-corrected chi connectivity index (χ0v) is 14.9. The Kier molecular flexibility index (Phi) is 5.25. The predicted octanol–water partition coefficient (Wildman–Crippen LogP) is 1.27. The Morgan fingerprint density at radius 3 is 2.27 bits per heavy atom. The molecule has 1 aliphatic heterocycles. The highest BCUT2D eigenvalue weighted by atomic mass is 16.5. The number of nitrogens with one attached hydrogen (secondary N) is 1. The largest absolute Gasteiger partial charge is 0.493 e. The molecule has 2 atom stereocenters. The van der Waals surface area contributed by atoms with Gasteiger partial charge in [0.25, 0.3) is 0 Å². The second-order valence-corrected chi connectivity index (χ2v) is 6.38. The van der Waals surface area contributed by atoms with E-state index in [1.807, 2.05) is 18.2 Å². The fourth-order valence-corrected chi connectivity index (χ4v) is 3.42. The van der Waals surface area contributed by atoms with E-state index >= 15 is 0 Å². The van der Waals surface area contributed by atoms with Gasteiger partial charge >= 0.3 is 0 Å². The van der Waals surface area contributed by atoms with Crippen molar-refractivity contribution >= 4 is 17.7 Å². The van der Waals surface area contributed by atoms with E-state index in [1.54, 1.807) is 26.4 Å². The van der Waals surface area contributed by atoms with Crippen LogP contribution in [0.25, 0.3) is 0 Å². The van der Waals surface area contributed by atoms with Crippen LogP contribution in [0.1, 0.15) is 18.4 Å². The second-order valence-electron chi connectivity index (χ2n) is 6.38. The van der Waals surface area contributed by atoms with Gasteiger partial charge in [0.15, 0.2) is 11.5 Å². The van der Waals surface area contributed by atoms with E-state index < -0.39 is 0 Å². The fraction of sp³-hybridized carbons (Fsp3) is 0.421. The average molecular weight is 358 g/mol. The molecule has 0 radical (unpaired) electrons. The molecule has 0 unspecified atom stereocenters. The van der Waals surface area contributed by atoms with Crippen LogP contribution in [0.4, 0.5) is 0 Å². The summed E-state index contributed by atoms with van der Waals surface area (Å²) in [5.74, 6) is -0.311. The lowest BCUT2D eigenvalue weighted by molar-refractivity contribution is -0.143. The topological polar surface area (TPSA) is 84.9 Å². The summed E-state index contributed by atoms with van der Waals surface area (Å²) < 4.78 is 10.4. The minimum Gasteiger partial charge on any atom is -0.493 e. The fourth-order valence-electron chi connectivity index (χ4n) is 3.42. The smallest absolute Gasteiger partial charge is 0.240 e. The van der Waals surface area contributed by atoms with Crippen LogP contribution >= 0.6 is 0 Å². The van der Waals surface area contributed by atoms with Gasteiger partial charge in [-0.3, -0.25) is 19.3 Å². The first kappa shape index (κ1) is 18.0. The average Bonchev–Trinajstić information content (AvgIpc) is 2.91. The number of carbonyl (C=O) groups is 3. The molecule has 1 aromatic rings. The Morgan fingerprint density at radius 2 is 1.69 bits per heavy atom. The highest BCUT2D eigenvalue weighted by Crippen LogP contribution is 2.34. The number of fused-ring (bicyclic) bond motifs is 1. The van der Waals surface area contributed by atoms with E-state index in [0.29, 0.717) is 24.3 Å². The van der Waals surface area contributed by atoms with Gasteiger partial charge in [0.1, 0.15) is 6.54 Å². The van der Waals surface area contributed by atoms with Crippen LogP contribution in [-0.4, -0.2) is 43.4 Å². The number of hydrogen-bond acceptors (Lipinski definition) is 5. The summed E-state index contributed by atoms with van der Waals surface area (Å²) in [5, 5.41) is 2.74. The third-order valence-electron chi connectivity index (χ3n) is 4.84. The van der Waals surface area contributed by atoms with Gasteiger partial charge in [-0.25, -0.2) is 0 Å². The number of benzene rings is 1. The van der Waals surface area contributed by atoms with E-state index in [2.05, 4.69) is 5.32 Å². The summed E-state index contributed by atoms with van der Waals surface area (Å²) in [7, 11) is 3.09. The summed E-state index contributed by atoms with van der Waals surface area (Å²) in [5.41, 5.74) is 0.827. The molecule has 1 aromatic carbocycles.